The van der Waals surface area contributed by atoms with Crippen LogP contribution in [0.3, 0.4) is 0 Å². The highest BCUT2D eigenvalue weighted by molar-refractivity contribution is 6.24. The van der Waals surface area contributed by atoms with E-state index in [1.807, 2.05) is 60.7 Å². The number of rotatable bonds is 9. The van der Waals surface area contributed by atoms with Crippen molar-refractivity contribution < 1.29 is 52.7 Å². The number of carbonyl (C=O) groups is 4. The number of benzene rings is 2. The summed E-state index contributed by atoms with van der Waals surface area (Å²) >= 11 is 0. The first-order chi connectivity index (χ1) is 28.2. The molecule has 2 aliphatic heterocycles. The van der Waals surface area contributed by atoms with Crippen LogP contribution in [-0.2, 0) is 22.8 Å². The summed E-state index contributed by atoms with van der Waals surface area (Å²) in [4.78, 5) is 61.6. The molecular weight excluding hydrogens is 745 g/mol. The van der Waals surface area contributed by atoms with Gasteiger partial charge in [-0.15, -0.1) is 0 Å². The van der Waals surface area contributed by atoms with E-state index in [2.05, 4.69) is 15.0 Å². The van der Waals surface area contributed by atoms with Crippen LogP contribution in [0.25, 0.3) is 5.70 Å². The van der Waals surface area contributed by atoms with Crippen molar-refractivity contribution in [2.75, 3.05) is 26.2 Å². The van der Waals surface area contributed by atoms with Gasteiger partial charge in [0, 0.05) is 18.3 Å². The second-order valence-electron chi connectivity index (χ2n) is 16.2. The number of aliphatic hydroxyl groups is 2. The minimum absolute atomic E-state index is 0.0131. The van der Waals surface area contributed by atoms with Crippen molar-refractivity contribution in [3.63, 3.8) is 0 Å². The minimum Gasteiger partial charge on any atom is -0.470 e. The number of fused-ring (bicyclic) bond motifs is 4. The molecule has 2 saturated heterocycles. The summed E-state index contributed by atoms with van der Waals surface area (Å²) in [7, 11) is 0. The minimum atomic E-state index is -2.51. The fourth-order valence-electron chi connectivity index (χ4n) is 10.1. The third-order valence-corrected chi connectivity index (χ3v) is 12.9. The Balaban J connectivity index is 1.10. The summed E-state index contributed by atoms with van der Waals surface area (Å²) < 4.78 is 26.4. The van der Waals surface area contributed by atoms with Crippen molar-refractivity contribution in [1.29, 1.82) is 0 Å². The van der Waals surface area contributed by atoms with Crippen molar-refractivity contribution in [2.45, 2.75) is 75.0 Å². The summed E-state index contributed by atoms with van der Waals surface area (Å²) in [6, 6.07) is 17.2. The van der Waals surface area contributed by atoms with Gasteiger partial charge in [-0.1, -0.05) is 66.7 Å². The zero-order valence-corrected chi connectivity index (χ0v) is 31.7. The molecule has 58 heavy (non-hydrogen) atoms. The van der Waals surface area contributed by atoms with Crippen molar-refractivity contribution in [3.05, 3.63) is 113 Å². The largest absolute Gasteiger partial charge is 0.470 e. The number of ether oxygens (including phenoxy) is 2. The van der Waals surface area contributed by atoms with Gasteiger partial charge in [0.2, 0.25) is 28.8 Å². The molecule has 2 unspecified atom stereocenters. The highest BCUT2D eigenvalue weighted by atomic mass is 16.6. The molecule has 14 nitrogen and oxygen atoms in total. The van der Waals surface area contributed by atoms with Crippen LogP contribution in [-0.4, -0.2) is 85.7 Å². The van der Waals surface area contributed by atoms with Crippen LogP contribution in [0.2, 0.25) is 0 Å². The lowest BCUT2D eigenvalue weighted by atomic mass is 9.64. The molecule has 6 atom stereocenters. The molecule has 298 valence electrons. The van der Waals surface area contributed by atoms with Gasteiger partial charge in [0.15, 0.2) is 28.3 Å². The van der Waals surface area contributed by atoms with Crippen molar-refractivity contribution in [1.82, 2.24) is 15.0 Å². The van der Waals surface area contributed by atoms with Gasteiger partial charge in [-0.25, -0.2) is 4.52 Å². The van der Waals surface area contributed by atoms with Crippen LogP contribution in [0.5, 0.6) is 11.8 Å². The number of likely N-dealkylation sites (tertiary alicyclic amines) is 2. The van der Waals surface area contributed by atoms with Crippen LogP contribution in [0.15, 0.2) is 87.9 Å². The van der Waals surface area contributed by atoms with Gasteiger partial charge in [0.05, 0.1) is 22.9 Å². The predicted octanol–water partition coefficient (Wildman–Crippen LogP) is 4.12. The number of ketones is 4. The maximum absolute atomic E-state index is 14.7. The van der Waals surface area contributed by atoms with Gasteiger partial charge in [-0.3, -0.25) is 29.0 Å². The van der Waals surface area contributed by atoms with Gasteiger partial charge < -0.3 is 24.2 Å². The Bertz CT molecular complexity index is 2370. The first-order valence-electron chi connectivity index (χ1n) is 20.1. The van der Waals surface area contributed by atoms with Crippen LogP contribution in [0.1, 0.15) is 94.0 Å². The van der Waals surface area contributed by atoms with Crippen molar-refractivity contribution in [2.24, 2.45) is 11.8 Å². The Morgan fingerprint density at radius 3 is 1.93 bits per heavy atom. The van der Waals surface area contributed by atoms with Gasteiger partial charge >= 0.3 is 5.88 Å². The summed E-state index contributed by atoms with van der Waals surface area (Å²) in [5.74, 6) is -4.89. The maximum Gasteiger partial charge on any atom is 0.433 e. The highest BCUT2D eigenvalue weighted by Gasteiger charge is 2.67. The standard InChI is InChI=1S/C44H43N4O10/c49-31-17-11-16-29-35(46-18-7-8-19-46)38-34(40(52)43(29,31)53)42(56-25-27-14-5-2-6-15-27)48(58-38)28-22-30-36(47-20-9-10-21-47)37-33(39(51)44(30,54)32(50)23-28)41(45-57-37)55-24-26-12-3-1-4-13-26/h1-6,11-15,17,23,29-30,35-36,53-54H,7-10,16,18-22,24-25H2/q+1/t29?,30?,35-,36-,43-,44+/m0/s1. The fourth-order valence-corrected chi connectivity index (χ4v) is 10.1. The van der Waals surface area contributed by atoms with Crippen molar-refractivity contribution >= 4 is 28.8 Å². The number of aromatic nitrogens is 2. The van der Waals surface area contributed by atoms with Crippen LogP contribution >= 0.6 is 0 Å². The SMILES string of the molecule is O=C1C=C([n+]2oc3c(c2OCc2ccccc2)C(=O)[C@@]2(O)C(=O)C=CCC2[C@@H]3N2CCCC2)CC2[C@H](N3CCCC3)c3onc(OCc4ccccc4)c3C(=O)[C@]12O. The first kappa shape index (κ1) is 36.8. The van der Waals surface area contributed by atoms with E-state index in [1.54, 1.807) is 6.08 Å². The van der Waals surface area contributed by atoms with Gasteiger partial charge in [0.1, 0.15) is 18.8 Å². The second kappa shape index (κ2) is 14.1. The van der Waals surface area contributed by atoms with Crippen molar-refractivity contribution in [3.8, 4) is 11.8 Å². The molecule has 2 aromatic carbocycles. The number of nitrogens with zero attached hydrogens (tertiary/aromatic N) is 4. The second-order valence-corrected chi connectivity index (χ2v) is 16.2. The molecular formula is C44H43N4O10+. The van der Waals surface area contributed by atoms with E-state index in [9.17, 15) is 29.4 Å². The molecule has 4 heterocycles. The summed E-state index contributed by atoms with van der Waals surface area (Å²) in [6.07, 6.45) is 7.81. The molecule has 0 bridgehead atoms. The van der Waals surface area contributed by atoms with Crippen LogP contribution in [0, 0.1) is 11.8 Å². The molecule has 4 aromatic rings. The molecule has 0 amide bonds. The highest BCUT2D eigenvalue weighted by Crippen LogP contribution is 2.54. The van der Waals surface area contributed by atoms with Crippen LogP contribution in [0.4, 0.5) is 0 Å². The fraction of sp³-hybridized carbons (Fsp3) is 0.409. The molecule has 14 heteroatoms. The summed E-state index contributed by atoms with van der Waals surface area (Å²) in [5.41, 5.74) is -3.17. The van der Waals surface area contributed by atoms with Gasteiger partial charge in [-0.05, 0) is 80.6 Å². The van der Waals surface area contributed by atoms with E-state index < -0.39 is 58.3 Å². The summed E-state index contributed by atoms with van der Waals surface area (Å²) in [5, 5.41) is 28.9. The quantitative estimate of drug-likeness (QED) is 0.183. The van der Waals surface area contributed by atoms with E-state index >= 15 is 0 Å². The van der Waals surface area contributed by atoms with E-state index in [1.165, 1.54) is 16.9 Å². The molecule has 0 saturated carbocycles. The Labute approximate surface area is 333 Å². The van der Waals surface area contributed by atoms with Crippen LogP contribution < -0.4 is 14.2 Å². The number of hydrogen-bond acceptors (Lipinski definition) is 13. The van der Waals surface area contributed by atoms with E-state index in [0.29, 0.717) is 26.2 Å². The third kappa shape index (κ3) is 5.53. The Hall–Kier alpha value is -5.54. The average Bonchev–Trinajstić information content (AvgIpc) is 4.08. The number of carbonyl (C=O) groups excluding carboxylic acids is 4. The lowest BCUT2D eigenvalue weighted by molar-refractivity contribution is -0.779. The molecule has 0 spiro atoms. The van der Waals surface area contributed by atoms with Gasteiger partial charge in [0.25, 0.3) is 5.88 Å². The third-order valence-electron chi connectivity index (χ3n) is 12.9. The summed E-state index contributed by atoms with van der Waals surface area (Å²) in [6.45, 7) is 2.65. The Morgan fingerprint density at radius 1 is 0.724 bits per heavy atom. The molecule has 2 aromatic heterocycles. The molecule has 2 fully saturated rings. The molecule has 4 aliphatic carbocycles. The van der Waals surface area contributed by atoms with E-state index in [-0.39, 0.29) is 66.2 Å². The predicted molar refractivity (Wildman–Crippen MR) is 202 cm³/mol. The molecule has 6 aliphatic rings. The number of Topliss-reactive ketones (excluding diaryl/α,β-unsaturated/α-hetero) is 2. The average molecular weight is 788 g/mol. The molecule has 10 rings (SSSR count). The molecule has 0 radical (unpaired) electrons. The zero-order valence-electron chi connectivity index (χ0n) is 31.7. The van der Waals surface area contributed by atoms with E-state index in [0.717, 1.165) is 36.8 Å². The zero-order chi connectivity index (χ0) is 39.8. The Morgan fingerprint density at radius 2 is 1.29 bits per heavy atom. The monoisotopic (exact) mass is 787 g/mol. The lowest BCUT2D eigenvalue weighted by Crippen LogP contribution is -2.61. The maximum atomic E-state index is 14.7. The normalized spacial score (nSPS) is 29.5. The topological polar surface area (TPSA) is 177 Å². The van der Waals surface area contributed by atoms with Gasteiger partial charge in [-0.2, -0.15) is 0 Å². The molecule has 2 N–H and O–H groups in total. The number of allylic oxidation sites excluding steroid dienone is 2. The number of hydrogen-bond donors (Lipinski definition) is 2. The smallest absolute Gasteiger partial charge is 0.433 e. The Kier molecular flexibility index (Phi) is 8.93. The lowest BCUT2D eigenvalue weighted by Gasteiger charge is -2.44. The first-order valence-corrected chi connectivity index (χ1v) is 20.1. The van der Waals surface area contributed by atoms with E-state index in [4.69, 9.17) is 18.5 Å².